The van der Waals surface area contributed by atoms with Crippen molar-refractivity contribution in [1.29, 1.82) is 0 Å². The van der Waals surface area contributed by atoms with Crippen molar-refractivity contribution in [2.24, 2.45) is 11.8 Å². The maximum atomic E-state index is 5.83. The summed E-state index contributed by atoms with van der Waals surface area (Å²) in [5.74, 6) is 2.21. The van der Waals surface area contributed by atoms with E-state index in [2.05, 4.69) is 24.1 Å². The number of hydrogen-bond donors (Lipinski definition) is 2. The van der Waals surface area contributed by atoms with Gasteiger partial charge >= 0.3 is 0 Å². The maximum absolute atomic E-state index is 5.83. The van der Waals surface area contributed by atoms with Crippen LogP contribution in [0.15, 0.2) is 18.3 Å². The molecule has 0 aromatic carbocycles. The summed E-state index contributed by atoms with van der Waals surface area (Å²) in [6.45, 7) is 4.66. The van der Waals surface area contributed by atoms with Crippen LogP contribution in [0.25, 0.3) is 0 Å². The SMILES string of the molecule is CC1CC(C)CC(Nc2cccnc2N)C1. The molecule has 2 rings (SSSR count). The van der Waals surface area contributed by atoms with Gasteiger partial charge in [0.25, 0.3) is 0 Å². The number of nitrogens with two attached hydrogens (primary N) is 1. The first-order valence-corrected chi connectivity index (χ1v) is 6.12. The third kappa shape index (κ3) is 2.65. The highest BCUT2D eigenvalue weighted by Gasteiger charge is 2.23. The van der Waals surface area contributed by atoms with Gasteiger partial charge in [0.2, 0.25) is 0 Å². The standard InChI is InChI=1S/C13H21N3/c1-9-6-10(2)8-11(7-9)16-12-4-3-5-15-13(12)14/h3-5,9-11,16H,6-8H2,1-2H3,(H2,14,15). The van der Waals surface area contributed by atoms with Crippen LogP contribution in [-0.2, 0) is 0 Å². The smallest absolute Gasteiger partial charge is 0.146 e. The van der Waals surface area contributed by atoms with E-state index in [9.17, 15) is 0 Å². The van der Waals surface area contributed by atoms with E-state index in [0.717, 1.165) is 17.5 Å². The first kappa shape index (κ1) is 11.2. The van der Waals surface area contributed by atoms with Crippen LogP contribution in [0.5, 0.6) is 0 Å². The van der Waals surface area contributed by atoms with E-state index in [1.165, 1.54) is 19.3 Å². The highest BCUT2D eigenvalue weighted by molar-refractivity contribution is 5.61. The zero-order valence-electron chi connectivity index (χ0n) is 10.1. The quantitative estimate of drug-likeness (QED) is 0.804. The number of aromatic nitrogens is 1. The summed E-state index contributed by atoms with van der Waals surface area (Å²) in [6, 6.07) is 4.48. The second-order valence-corrected chi connectivity index (χ2v) is 5.19. The molecule has 0 radical (unpaired) electrons. The van der Waals surface area contributed by atoms with E-state index in [1.807, 2.05) is 12.1 Å². The first-order chi connectivity index (χ1) is 7.65. The van der Waals surface area contributed by atoms with Gasteiger partial charge in [0.05, 0.1) is 5.69 Å². The van der Waals surface area contributed by atoms with Crippen molar-refractivity contribution in [2.45, 2.75) is 39.2 Å². The van der Waals surface area contributed by atoms with Gasteiger partial charge in [-0.05, 0) is 43.2 Å². The molecule has 0 saturated heterocycles. The van der Waals surface area contributed by atoms with Gasteiger partial charge in [0.1, 0.15) is 5.82 Å². The lowest BCUT2D eigenvalue weighted by molar-refractivity contribution is 0.281. The van der Waals surface area contributed by atoms with Gasteiger partial charge in [-0.3, -0.25) is 0 Å². The number of nitrogens with one attached hydrogen (secondary N) is 1. The van der Waals surface area contributed by atoms with E-state index in [4.69, 9.17) is 5.73 Å². The minimum absolute atomic E-state index is 0.547. The fourth-order valence-electron chi connectivity index (χ4n) is 2.82. The monoisotopic (exact) mass is 219 g/mol. The Morgan fingerprint density at radius 1 is 1.25 bits per heavy atom. The Labute approximate surface area is 97.5 Å². The number of nitrogens with zero attached hydrogens (tertiary/aromatic N) is 1. The molecule has 1 aromatic rings. The van der Waals surface area contributed by atoms with Crippen molar-refractivity contribution < 1.29 is 0 Å². The number of hydrogen-bond acceptors (Lipinski definition) is 3. The minimum atomic E-state index is 0.547. The Morgan fingerprint density at radius 3 is 2.56 bits per heavy atom. The molecule has 3 nitrogen and oxygen atoms in total. The Bertz CT molecular complexity index is 341. The third-order valence-corrected chi connectivity index (χ3v) is 3.38. The van der Waals surface area contributed by atoms with Crippen LogP contribution in [0.4, 0.5) is 11.5 Å². The molecule has 0 bridgehead atoms. The average Bonchev–Trinajstić information content (AvgIpc) is 2.20. The molecule has 2 unspecified atom stereocenters. The lowest BCUT2D eigenvalue weighted by Gasteiger charge is -2.32. The van der Waals surface area contributed by atoms with Crippen LogP contribution >= 0.6 is 0 Å². The predicted molar refractivity (Wildman–Crippen MR) is 68.2 cm³/mol. The number of rotatable bonds is 2. The Morgan fingerprint density at radius 2 is 1.94 bits per heavy atom. The minimum Gasteiger partial charge on any atom is -0.382 e. The highest BCUT2D eigenvalue weighted by atomic mass is 15.0. The second-order valence-electron chi connectivity index (χ2n) is 5.19. The molecule has 3 N–H and O–H groups in total. The molecule has 1 aliphatic rings. The molecule has 1 saturated carbocycles. The van der Waals surface area contributed by atoms with Gasteiger partial charge in [-0.15, -0.1) is 0 Å². The molecule has 1 aliphatic carbocycles. The molecule has 3 heteroatoms. The van der Waals surface area contributed by atoms with Gasteiger partial charge < -0.3 is 11.1 Å². The predicted octanol–water partition coefficient (Wildman–Crippen LogP) is 2.90. The van der Waals surface area contributed by atoms with Crippen LogP contribution in [-0.4, -0.2) is 11.0 Å². The molecule has 1 heterocycles. The normalized spacial score (nSPS) is 30.0. The van der Waals surface area contributed by atoms with E-state index in [-0.39, 0.29) is 0 Å². The maximum Gasteiger partial charge on any atom is 0.146 e. The summed E-state index contributed by atoms with van der Waals surface area (Å²) in [6.07, 6.45) is 5.55. The summed E-state index contributed by atoms with van der Waals surface area (Å²) in [4.78, 5) is 4.10. The van der Waals surface area contributed by atoms with E-state index < -0.39 is 0 Å². The number of pyridine rings is 1. The van der Waals surface area contributed by atoms with Crippen molar-refractivity contribution >= 4 is 11.5 Å². The molecule has 1 fully saturated rings. The number of anilines is 2. The lowest BCUT2D eigenvalue weighted by Crippen LogP contribution is -2.30. The largest absolute Gasteiger partial charge is 0.382 e. The molecule has 88 valence electrons. The zero-order valence-corrected chi connectivity index (χ0v) is 10.1. The summed E-state index contributed by atoms with van der Waals surface area (Å²) in [5, 5.41) is 3.52. The molecule has 2 atom stereocenters. The van der Waals surface area contributed by atoms with E-state index >= 15 is 0 Å². The fraction of sp³-hybridized carbons (Fsp3) is 0.615. The summed E-state index contributed by atoms with van der Waals surface area (Å²) in [5.41, 5.74) is 6.81. The number of nitrogen functional groups attached to an aromatic ring is 1. The van der Waals surface area contributed by atoms with Crippen molar-refractivity contribution in [3.05, 3.63) is 18.3 Å². The lowest BCUT2D eigenvalue weighted by atomic mass is 9.80. The van der Waals surface area contributed by atoms with Gasteiger partial charge in [-0.2, -0.15) is 0 Å². The molecule has 0 aliphatic heterocycles. The van der Waals surface area contributed by atoms with Gasteiger partial charge in [0, 0.05) is 12.2 Å². The molecular weight excluding hydrogens is 198 g/mol. The Kier molecular flexibility index (Phi) is 3.32. The summed E-state index contributed by atoms with van der Waals surface area (Å²) < 4.78 is 0. The van der Waals surface area contributed by atoms with Gasteiger partial charge in [0.15, 0.2) is 0 Å². The fourth-order valence-corrected chi connectivity index (χ4v) is 2.82. The van der Waals surface area contributed by atoms with Crippen LogP contribution in [0.2, 0.25) is 0 Å². The topological polar surface area (TPSA) is 50.9 Å². The van der Waals surface area contributed by atoms with Crippen LogP contribution in [0.1, 0.15) is 33.1 Å². The highest BCUT2D eigenvalue weighted by Crippen LogP contribution is 2.31. The second kappa shape index (κ2) is 4.73. The summed E-state index contributed by atoms with van der Waals surface area (Å²) >= 11 is 0. The molecule has 0 amide bonds. The Balaban J connectivity index is 2.02. The van der Waals surface area contributed by atoms with Gasteiger partial charge in [-0.1, -0.05) is 13.8 Å². The molecule has 1 aromatic heterocycles. The van der Waals surface area contributed by atoms with Gasteiger partial charge in [-0.25, -0.2) is 4.98 Å². The van der Waals surface area contributed by atoms with Crippen LogP contribution in [0, 0.1) is 11.8 Å². The van der Waals surface area contributed by atoms with Crippen molar-refractivity contribution in [2.75, 3.05) is 11.1 Å². The van der Waals surface area contributed by atoms with Crippen LogP contribution < -0.4 is 11.1 Å². The zero-order chi connectivity index (χ0) is 11.5. The van der Waals surface area contributed by atoms with E-state index in [0.29, 0.717) is 11.9 Å². The molecule has 16 heavy (non-hydrogen) atoms. The Hall–Kier alpha value is -1.25. The van der Waals surface area contributed by atoms with Crippen molar-refractivity contribution in [3.63, 3.8) is 0 Å². The molecule has 0 spiro atoms. The molecular formula is C13H21N3. The third-order valence-electron chi connectivity index (χ3n) is 3.38. The first-order valence-electron chi connectivity index (χ1n) is 6.12. The van der Waals surface area contributed by atoms with Crippen molar-refractivity contribution in [3.8, 4) is 0 Å². The summed E-state index contributed by atoms with van der Waals surface area (Å²) in [7, 11) is 0. The van der Waals surface area contributed by atoms with Crippen LogP contribution in [0.3, 0.4) is 0 Å². The van der Waals surface area contributed by atoms with Crippen molar-refractivity contribution in [1.82, 2.24) is 4.98 Å². The van der Waals surface area contributed by atoms with E-state index in [1.54, 1.807) is 6.20 Å². The average molecular weight is 219 g/mol.